The number of rotatable bonds is 9. The Balaban J connectivity index is 2.38. The van der Waals surface area contributed by atoms with Gasteiger partial charge in [-0.25, -0.2) is 13.2 Å². The molecule has 1 atom stereocenters. The van der Waals surface area contributed by atoms with Crippen molar-refractivity contribution < 1.29 is 18.3 Å². The van der Waals surface area contributed by atoms with E-state index in [0.29, 0.717) is 16.5 Å². The van der Waals surface area contributed by atoms with E-state index in [1.807, 2.05) is 18.4 Å². The summed E-state index contributed by atoms with van der Waals surface area (Å²) in [5.41, 5.74) is 0.379. The van der Waals surface area contributed by atoms with Crippen LogP contribution in [-0.2, 0) is 0 Å². The van der Waals surface area contributed by atoms with Gasteiger partial charge in [0.25, 0.3) is 0 Å². The van der Waals surface area contributed by atoms with Crippen LogP contribution in [-0.4, -0.2) is 60.4 Å². The summed E-state index contributed by atoms with van der Waals surface area (Å²) in [6.45, 7) is 6.03. The minimum atomic E-state index is -2.43. The van der Waals surface area contributed by atoms with Crippen LogP contribution < -0.4 is 0 Å². The van der Waals surface area contributed by atoms with Gasteiger partial charge in [-0.1, -0.05) is 30.5 Å². The van der Waals surface area contributed by atoms with Crippen molar-refractivity contribution in [2.45, 2.75) is 38.3 Å². The number of hydrogen-bond acceptors (Lipinski definition) is 5. The van der Waals surface area contributed by atoms with E-state index in [-0.39, 0.29) is 39.0 Å². The lowest BCUT2D eigenvalue weighted by molar-refractivity contribution is 0.128. The molecule has 28 heavy (non-hydrogen) atoms. The molecule has 1 N–H and O–H groups in total. The third kappa shape index (κ3) is 5.38. The van der Waals surface area contributed by atoms with Crippen molar-refractivity contribution in [2.75, 3.05) is 26.7 Å². The number of fused-ring (bicyclic) bond motifs is 1. The Hall–Kier alpha value is -1.80. The van der Waals surface area contributed by atoms with Crippen molar-refractivity contribution in [1.82, 2.24) is 4.90 Å². The highest BCUT2D eigenvalue weighted by Gasteiger charge is 2.45. The maximum atomic E-state index is 15.3. The zero-order valence-corrected chi connectivity index (χ0v) is 17.0. The van der Waals surface area contributed by atoms with Gasteiger partial charge in [0, 0.05) is 49.1 Å². The highest BCUT2D eigenvalue weighted by Crippen LogP contribution is 2.41. The summed E-state index contributed by atoms with van der Waals surface area (Å²) in [5.74, 6) is 0.603. The minimum absolute atomic E-state index is 0.0157. The number of hydrogen-bond donors (Lipinski definition) is 1. The number of amidine groups is 1. The number of aliphatic hydroxyl groups excluding tert-OH is 1. The summed E-state index contributed by atoms with van der Waals surface area (Å²) in [5, 5.41) is 11.1. The number of halogens is 3. The van der Waals surface area contributed by atoms with Crippen LogP contribution >= 0.6 is 11.8 Å². The number of alkyl halides is 3. The van der Waals surface area contributed by atoms with Crippen molar-refractivity contribution in [3.63, 3.8) is 0 Å². The van der Waals surface area contributed by atoms with E-state index in [1.165, 1.54) is 17.8 Å². The molecule has 154 valence electrons. The fourth-order valence-electron chi connectivity index (χ4n) is 3.26. The molecule has 1 fully saturated rings. The highest BCUT2D eigenvalue weighted by atomic mass is 32.2. The Bertz CT molecular complexity index is 743. The van der Waals surface area contributed by atoms with E-state index in [4.69, 9.17) is 0 Å². The summed E-state index contributed by atoms with van der Waals surface area (Å²) >= 11 is 1.41. The van der Waals surface area contributed by atoms with Gasteiger partial charge in [-0.05, 0) is 18.4 Å². The molecular weight excluding hydrogens is 387 g/mol. The van der Waals surface area contributed by atoms with Crippen molar-refractivity contribution in [2.24, 2.45) is 9.98 Å². The van der Waals surface area contributed by atoms with E-state index in [9.17, 15) is 13.9 Å². The third-order valence-corrected chi connectivity index (χ3v) is 5.41. The molecule has 0 aromatic heterocycles. The van der Waals surface area contributed by atoms with Gasteiger partial charge in [-0.2, -0.15) is 0 Å². The molecule has 0 aromatic rings. The molecule has 1 saturated heterocycles. The van der Waals surface area contributed by atoms with E-state index < -0.39 is 12.1 Å². The molecule has 8 heteroatoms. The molecule has 0 bridgehead atoms. The van der Waals surface area contributed by atoms with Crippen LogP contribution in [0.4, 0.5) is 13.2 Å². The predicted octanol–water partition coefficient (Wildman–Crippen LogP) is 4.51. The number of thioether (sulfide) groups is 1. The molecule has 0 radical (unpaired) electrons. The molecule has 2 aliphatic heterocycles. The first-order valence-electron chi connectivity index (χ1n) is 9.08. The number of allylic oxidation sites excluding steroid dienone is 4. The zero-order valence-electron chi connectivity index (χ0n) is 16.2. The first-order chi connectivity index (χ1) is 13.3. The first-order valence-corrected chi connectivity index (χ1v) is 9.96. The van der Waals surface area contributed by atoms with Crippen LogP contribution in [0.5, 0.6) is 0 Å². The smallest absolute Gasteiger partial charge is 0.242 e. The van der Waals surface area contributed by atoms with Crippen molar-refractivity contribution in [1.29, 1.82) is 0 Å². The normalized spacial score (nSPS) is 23.3. The fourth-order valence-corrected chi connectivity index (χ4v) is 3.84. The lowest BCUT2D eigenvalue weighted by Crippen LogP contribution is -2.36. The molecule has 1 unspecified atom stereocenters. The van der Waals surface area contributed by atoms with Gasteiger partial charge in [0.15, 0.2) is 0 Å². The fraction of sp³-hybridized carbons (Fsp3) is 0.500. The van der Waals surface area contributed by atoms with Crippen molar-refractivity contribution in [3.05, 3.63) is 46.4 Å². The second kappa shape index (κ2) is 10.1. The van der Waals surface area contributed by atoms with Crippen LogP contribution in [0.1, 0.15) is 26.2 Å². The Morgan fingerprint density at radius 3 is 2.86 bits per heavy atom. The summed E-state index contributed by atoms with van der Waals surface area (Å²) in [4.78, 5) is 11.3. The van der Waals surface area contributed by atoms with E-state index in [0.717, 1.165) is 11.3 Å². The Labute approximate surface area is 168 Å². The van der Waals surface area contributed by atoms with Crippen LogP contribution in [0.3, 0.4) is 0 Å². The maximum absolute atomic E-state index is 15.3. The molecule has 0 aromatic carbocycles. The van der Waals surface area contributed by atoms with Crippen molar-refractivity contribution >= 4 is 23.3 Å². The first kappa shape index (κ1) is 22.5. The average molecular weight is 414 g/mol. The summed E-state index contributed by atoms with van der Waals surface area (Å²) in [7, 11) is 1.57. The third-order valence-electron chi connectivity index (χ3n) is 4.54. The summed E-state index contributed by atoms with van der Waals surface area (Å²) in [6.07, 6.45) is 2.13. The van der Waals surface area contributed by atoms with Gasteiger partial charge >= 0.3 is 0 Å². The second-order valence-electron chi connectivity index (χ2n) is 6.60. The number of aliphatic imine (C=N–C) groups is 2. The molecular formula is C20H26F3N3OS. The predicted molar refractivity (Wildman–Crippen MR) is 111 cm³/mol. The van der Waals surface area contributed by atoms with Gasteiger partial charge in [0.05, 0.1) is 18.8 Å². The molecule has 0 amide bonds. The maximum Gasteiger partial charge on any atom is 0.242 e. The average Bonchev–Trinajstić information content (AvgIpc) is 2.99. The van der Waals surface area contributed by atoms with E-state index >= 15 is 4.39 Å². The van der Waals surface area contributed by atoms with Crippen LogP contribution in [0.15, 0.2) is 56.4 Å². The summed E-state index contributed by atoms with van der Waals surface area (Å²) in [6, 6.07) is 0. The Kier molecular flexibility index (Phi) is 8.12. The molecule has 0 spiro atoms. The van der Waals surface area contributed by atoms with Gasteiger partial charge in [0.2, 0.25) is 6.43 Å². The Morgan fingerprint density at radius 1 is 1.50 bits per heavy atom. The SMILES string of the molecule is C=C(S/C=C\C)C1=NCC(C(/C=C\CC(F)F)=NC)=C2CC(F)(CCO)CN12. The van der Waals surface area contributed by atoms with E-state index in [2.05, 4.69) is 16.6 Å². The van der Waals surface area contributed by atoms with Crippen molar-refractivity contribution in [3.8, 4) is 0 Å². The largest absolute Gasteiger partial charge is 0.396 e. The molecule has 2 aliphatic rings. The van der Waals surface area contributed by atoms with Crippen LogP contribution in [0.2, 0.25) is 0 Å². The monoisotopic (exact) mass is 413 g/mol. The highest BCUT2D eigenvalue weighted by molar-refractivity contribution is 8.06. The lowest BCUT2D eigenvalue weighted by Gasteiger charge is -2.29. The number of aliphatic hydroxyl groups is 1. The quantitative estimate of drug-likeness (QED) is 0.566. The second-order valence-corrected chi connectivity index (χ2v) is 7.60. The molecule has 2 heterocycles. The number of nitrogens with zero attached hydrogens (tertiary/aromatic N) is 3. The summed E-state index contributed by atoms with van der Waals surface area (Å²) < 4.78 is 40.2. The molecule has 4 nitrogen and oxygen atoms in total. The Morgan fingerprint density at radius 2 is 2.25 bits per heavy atom. The zero-order chi connectivity index (χ0) is 20.7. The van der Waals surface area contributed by atoms with Crippen LogP contribution in [0, 0.1) is 0 Å². The van der Waals surface area contributed by atoms with E-state index in [1.54, 1.807) is 18.0 Å². The van der Waals surface area contributed by atoms with Gasteiger partial charge < -0.3 is 10.0 Å². The van der Waals surface area contributed by atoms with Gasteiger partial charge in [-0.15, -0.1) is 0 Å². The molecule has 2 rings (SSSR count). The minimum Gasteiger partial charge on any atom is -0.396 e. The topological polar surface area (TPSA) is 48.2 Å². The molecule has 0 saturated carbocycles. The molecule has 0 aliphatic carbocycles. The lowest BCUT2D eigenvalue weighted by atomic mass is 9.97. The standard InChI is InChI=1S/C20H26F3N3OS/c1-4-10-28-14(2)19-25-12-15(16(24-3)6-5-7-18(21)22)17-11-20(23,8-9-27)13-26(17)19/h4-6,10,18,27H,2,7-9,11-13H2,1,3H3/b6-5-,10-4-,24-16?. The van der Waals surface area contributed by atoms with Gasteiger partial charge in [-0.3, -0.25) is 9.98 Å². The van der Waals surface area contributed by atoms with Crippen LogP contribution in [0.25, 0.3) is 0 Å². The van der Waals surface area contributed by atoms with Gasteiger partial charge in [0.1, 0.15) is 11.5 Å².